The zero-order valence-electron chi connectivity index (χ0n) is 7.18. The molecule has 1 N–H and O–H groups in total. The van der Waals surface area contributed by atoms with E-state index in [0.29, 0.717) is 0 Å². The van der Waals surface area contributed by atoms with Crippen LogP contribution in [0.2, 0.25) is 0 Å². The maximum atomic E-state index is 5.32. The summed E-state index contributed by atoms with van der Waals surface area (Å²) in [6.45, 7) is 3.13. The van der Waals surface area contributed by atoms with Gasteiger partial charge < -0.3 is 9.73 Å². The molecular weight excluding hydrogens is 138 g/mol. The highest BCUT2D eigenvalue weighted by Gasteiger charge is 2.01. The van der Waals surface area contributed by atoms with Crippen molar-refractivity contribution in [2.45, 2.75) is 19.8 Å². The standard InChI is InChI=1S/C9H15NO/c1-3-8-5-7-11-9(8)4-6-10-2/h5,7,10H,3-4,6H2,1-2H3. The molecule has 1 rings (SSSR count). The van der Waals surface area contributed by atoms with E-state index in [-0.39, 0.29) is 0 Å². The highest BCUT2D eigenvalue weighted by molar-refractivity contribution is 5.16. The Morgan fingerprint density at radius 1 is 1.55 bits per heavy atom. The van der Waals surface area contributed by atoms with Crippen molar-refractivity contribution in [3.8, 4) is 0 Å². The summed E-state index contributed by atoms with van der Waals surface area (Å²) < 4.78 is 5.32. The molecule has 0 amide bonds. The van der Waals surface area contributed by atoms with Crippen molar-refractivity contribution in [2.75, 3.05) is 13.6 Å². The summed E-state index contributed by atoms with van der Waals surface area (Å²) in [5.74, 6) is 1.13. The molecule has 62 valence electrons. The van der Waals surface area contributed by atoms with Gasteiger partial charge in [0.15, 0.2) is 0 Å². The fourth-order valence-electron chi connectivity index (χ4n) is 1.14. The lowest BCUT2D eigenvalue weighted by Crippen LogP contribution is -2.10. The predicted molar refractivity (Wildman–Crippen MR) is 45.7 cm³/mol. The summed E-state index contributed by atoms with van der Waals surface area (Å²) in [5.41, 5.74) is 1.33. The van der Waals surface area contributed by atoms with Gasteiger partial charge in [-0.15, -0.1) is 0 Å². The van der Waals surface area contributed by atoms with Gasteiger partial charge in [0.25, 0.3) is 0 Å². The van der Waals surface area contributed by atoms with Gasteiger partial charge >= 0.3 is 0 Å². The molecule has 1 aromatic heterocycles. The summed E-state index contributed by atoms with van der Waals surface area (Å²) >= 11 is 0. The van der Waals surface area contributed by atoms with Crippen LogP contribution in [0.25, 0.3) is 0 Å². The lowest BCUT2D eigenvalue weighted by atomic mass is 10.1. The van der Waals surface area contributed by atoms with E-state index in [2.05, 4.69) is 12.2 Å². The van der Waals surface area contributed by atoms with Crippen molar-refractivity contribution in [3.63, 3.8) is 0 Å². The molecule has 0 aliphatic rings. The van der Waals surface area contributed by atoms with E-state index < -0.39 is 0 Å². The van der Waals surface area contributed by atoms with Gasteiger partial charge in [-0.25, -0.2) is 0 Å². The van der Waals surface area contributed by atoms with Crippen LogP contribution in [-0.2, 0) is 12.8 Å². The maximum absolute atomic E-state index is 5.32. The van der Waals surface area contributed by atoms with Crippen molar-refractivity contribution >= 4 is 0 Å². The van der Waals surface area contributed by atoms with Gasteiger partial charge in [0.2, 0.25) is 0 Å². The Balaban J connectivity index is 2.54. The zero-order valence-corrected chi connectivity index (χ0v) is 7.18. The van der Waals surface area contributed by atoms with Gasteiger partial charge in [0.05, 0.1) is 6.26 Å². The maximum Gasteiger partial charge on any atom is 0.108 e. The second kappa shape index (κ2) is 4.19. The fourth-order valence-corrected chi connectivity index (χ4v) is 1.14. The lowest BCUT2D eigenvalue weighted by molar-refractivity contribution is 0.500. The molecule has 0 unspecified atom stereocenters. The van der Waals surface area contributed by atoms with Gasteiger partial charge in [-0.2, -0.15) is 0 Å². The van der Waals surface area contributed by atoms with Gasteiger partial charge in [0.1, 0.15) is 5.76 Å². The second-order valence-corrected chi connectivity index (χ2v) is 2.58. The Bertz CT molecular complexity index is 205. The summed E-state index contributed by atoms with van der Waals surface area (Å²) in [6, 6.07) is 2.05. The minimum atomic E-state index is 0.987. The van der Waals surface area contributed by atoms with Gasteiger partial charge in [0, 0.05) is 13.0 Å². The van der Waals surface area contributed by atoms with Crippen molar-refractivity contribution in [2.24, 2.45) is 0 Å². The van der Waals surface area contributed by atoms with E-state index in [9.17, 15) is 0 Å². The topological polar surface area (TPSA) is 25.2 Å². The molecule has 0 saturated heterocycles. The van der Waals surface area contributed by atoms with Gasteiger partial charge in [-0.1, -0.05) is 6.92 Å². The van der Waals surface area contributed by atoms with Crippen LogP contribution < -0.4 is 5.32 Å². The van der Waals surface area contributed by atoms with Gasteiger partial charge in [-0.3, -0.25) is 0 Å². The Morgan fingerprint density at radius 2 is 2.36 bits per heavy atom. The van der Waals surface area contributed by atoms with E-state index in [1.165, 1.54) is 5.56 Å². The molecule has 11 heavy (non-hydrogen) atoms. The van der Waals surface area contributed by atoms with Crippen LogP contribution in [0.1, 0.15) is 18.2 Å². The van der Waals surface area contributed by atoms with Crippen LogP contribution in [0.3, 0.4) is 0 Å². The molecular formula is C9H15NO. The summed E-state index contributed by atoms with van der Waals surface area (Å²) in [4.78, 5) is 0. The first kappa shape index (κ1) is 8.34. The molecule has 1 aromatic rings. The molecule has 0 aromatic carbocycles. The average molecular weight is 153 g/mol. The molecule has 0 bridgehead atoms. The summed E-state index contributed by atoms with van der Waals surface area (Å²) in [5, 5.41) is 3.10. The van der Waals surface area contributed by atoms with Crippen LogP contribution in [0.15, 0.2) is 16.7 Å². The van der Waals surface area contributed by atoms with Crippen molar-refractivity contribution in [1.29, 1.82) is 0 Å². The Kier molecular flexibility index (Phi) is 3.17. The SMILES string of the molecule is CCc1ccoc1CCNC. The minimum absolute atomic E-state index is 0.987. The van der Waals surface area contributed by atoms with Crippen LogP contribution in [0.5, 0.6) is 0 Å². The molecule has 0 fully saturated rings. The molecule has 0 atom stereocenters. The quantitative estimate of drug-likeness (QED) is 0.710. The molecule has 0 aliphatic carbocycles. The van der Waals surface area contributed by atoms with Crippen LogP contribution in [0, 0.1) is 0 Å². The summed E-state index contributed by atoms with van der Waals surface area (Å²) in [6.07, 6.45) is 3.83. The normalized spacial score (nSPS) is 10.4. The lowest BCUT2D eigenvalue weighted by Gasteiger charge is -1.98. The largest absolute Gasteiger partial charge is 0.469 e. The molecule has 0 saturated carbocycles. The Hall–Kier alpha value is -0.760. The van der Waals surface area contributed by atoms with E-state index >= 15 is 0 Å². The predicted octanol–water partition coefficient (Wildman–Crippen LogP) is 1.60. The first-order chi connectivity index (χ1) is 5.38. The highest BCUT2D eigenvalue weighted by Crippen LogP contribution is 2.10. The molecule has 0 spiro atoms. The van der Waals surface area contributed by atoms with E-state index in [1.807, 2.05) is 13.1 Å². The van der Waals surface area contributed by atoms with Crippen molar-refractivity contribution in [3.05, 3.63) is 23.7 Å². The third-order valence-corrected chi connectivity index (χ3v) is 1.82. The first-order valence-electron chi connectivity index (χ1n) is 4.08. The molecule has 0 radical (unpaired) electrons. The van der Waals surface area contributed by atoms with E-state index in [0.717, 1.165) is 25.1 Å². The van der Waals surface area contributed by atoms with E-state index in [4.69, 9.17) is 4.42 Å². The first-order valence-corrected chi connectivity index (χ1v) is 4.08. The van der Waals surface area contributed by atoms with Crippen molar-refractivity contribution < 1.29 is 4.42 Å². The number of rotatable bonds is 4. The molecule has 1 heterocycles. The zero-order chi connectivity index (χ0) is 8.10. The Morgan fingerprint density at radius 3 is 3.00 bits per heavy atom. The summed E-state index contributed by atoms with van der Waals surface area (Å²) in [7, 11) is 1.95. The van der Waals surface area contributed by atoms with Crippen LogP contribution >= 0.6 is 0 Å². The average Bonchev–Trinajstić information content (AvgIpc) is 2.47. The fraction of sp³-hybridized carbons (Fsp3) is 0.556. The van der Waals surface area contributed by atoms with Gasteiger partial charge in [-0.05, 0) is 25.1 Å². The minimum Gasteiger partial charge on any atom is -0.469 e. The van der Waals surface area contributed by atoms with E-state index in [1.54, 1.807) is 6.26 Å². The second-order valence-electron chi connectivity index (χ2n) is 2.58. The number of hydrogen-bond acceptors (Lipinski definition) is 2. The van der Waals surface area contributed by atoms with Crippen LogP contribution in [0.4, 0.5) is 0 Å². The number of aryl methyl sites for hydroxylation is 1. The highest BCUT2D eigenvalue weighted by atomic mass is 16.3. The monoisotopic (exact) mass is 153 g/mol. The third kappa shape index (κ3) is 2.09. The third-order valence-electron chi connectivity index (χ3n) is 1.82. The number of furan rings is 1. The number of nitrogens with one attached hydrogen (secondary N) is 1. The van der Waals surface area contributed by atoms with Crippen molar-refractivity contribution in [1.82, 2.24) is 5.32 Å². The number of hydrogen-bond donors (Lipinski definition) is 1. The van der Waals surface area contributed by atoms with Crippen LogP contribution in [-0.4, -0.2) is 13.6 Å². The number of likely N-dealkylation sites (N-methyl/N-ethyl adjacent to an activating group) is 1. The smallest absolute Gasteiger partial charge is 0.108 e. The molecule has 2 nitrogen and oxygen atoms in total. The molecule has 0 aliphatic heterocycles. The molecule has 2 heteroatoms. The Labute approximate surface area is 67.6 Å².